The zero-order valence-corrected chi connectivity index (χ0v) is 6.59. The van der Waals surface area contributed by atoms with Gasteiger partial charge in [-0.05, 0) is 29.6 Å². The average molecular weight is 124 g/mol. The number of hydrogen-bond donors (Lipinski definition) is 0. The molecular weight excluding hydrogens is 108 g/mol. The lowest BCUT2D eigenvalue weighted by Crippen LogP contribution is -2.06. The summed E-state index contributed by atoms with van der Waals surface area (Å²) >= 11 is 0. The van der Waals surface area contributed by atoms with Gasteiger partial charge in [-0.25, -0.2) is 0 Å². The second-order valence-corrected chi connectivity index (χ2v) is 3.98. The van der Waals surface area contributed by atoms with E-state index < -0.39 is 0 Å². The van der Waals surface area contributed by atoms with Crippen LogP contribution in [0.15, 0.2) is 0 Å². The van der Waals surface area contributed by atoms with Crippen molar-refractivity contribution >= 4 is 0 Å². The molecular formula is C9H16. The maximum atomic E-state index is 2.41. The zero-order chi connectivity index (χ0) is 6.59. The van der Waals surface area contributed by atoms with Crippen molar-refractivity contribution in [2.24, 2.45) is 29.6 Å². The van der Waals surface area contributed by atoms with Gasteiger partial charge in [0.1, 0.15) is 0 Å². The van der Waals surface area contributed by atoms with E-state index >= 15 is 0 Å². The van der Waals surface area contributed by atoms with Crippen LogP contribution in [0.5, 0.6) is 0 Å². The van der Waals surface area contributed by atoms with Crippen molar-refractivity contribution in [2.75, 3.05) is 0 Å². The average Bonchev–Trinajstić information content (AvgIpc) is 2.70. The molecule has 0 aliphatic heterocycles. The Balaban J connectivity index is 1.81. The molecule has 0 bridgehead atoms. The van der Waals surface area contributed by atoms with Crippen LogP contribution in [0.2, 0.25) is 0 Å². The first-order valence-electron chi connectivity index (χ1n) is 4.27. The molecule has 2 aliphatic carbocycles. The van der Waals surface area contributed by atoms with Gasteiger partial charge >= 0.3 is 0 Å². The molecule has 2 saturated carbocycles. The number of rotatable bonds is 2. The van der Waals surface area contributed by atoms with Crippen LogP contribution < -0.4 is 0 Å². The molecule has 2 fully saturated rings. The fourth-order valence-electron chi connectivity index (χ4n) is 2.50. The second kappa shape index (κ2) is 1.53. The summed E-state index contributed by atoms with van der Waals surface area (Å²) in [4.78, 5) is 0. The van der Waals surface area contributed by atoms with E-state index in [0.717, 1.165) is 17.8 Å². The topological polar surface area (TPSA) is 0 Å². The lowest BCUT2D eigenvalue weighted by Gasteiger charge is -2.13. The summed E-state index contributed by atoms with van der Waals surface area (Å²) in [6.07, 6.45) is 1.39. The van der Waals surface area contributed by atoms with Gasteiger partial charge in [-0.2, -0.15) is 0 Å². The summed E-state index contributed by atoms with van der Waals surface area (Å²) in [6.45, 7) is 7.12. The van der Waals surface area contributed by atoms with Crippen molar-refractivity contribution in [3.8, 4) is 0 Å². The molecule has 2 rings (SSSR count). The Morgan fingerprint density at radius 2 is 1.89 bits per heavy atom. The molecule has 0 radical (unpaired) electrons. The van der Waals surface area contributed by atoms with Crippen LogP contribution in [0.4, 0.5) is 0 Å². The molecule has 0 aromatic rings. The van der Waals surface area contributed by atoms with Gasteiger partial charge in [0.15, 0.2) is 0 Å². The third-order valence-corrected chi connectivity index (χ3v) is 3.57. The van der Waals surface area contributed by atoms with E-state index in [1.165, 1.54) is 18.3 Å². The molecule has 0 saturated heterocycles. The van der Waals surface area contributed by atoms with E-state index in [2.05, 4.69) is 20.8 Å². The molecule has 0 heteroatoms. The van der Waals surface area contributed by atoms with Crippen molar-refractivity contribution < 1.29 is 0 Å². The molecule has 0 aromatic heterocycles. The fourth-order valence-corrected chi connectivity index (χ4v) is 2.50. The smallest absolute Gasteiger partial charge is 0.0318 e. The molecule has 9 heavy (non-hydrogen) atoms. The normalized spacial score (nSPS) is 56.3. The van der Waals surface area contributed by atoms with Gasteiger partial charge in [0.2, 0.25) is 0 Å². The second-order valence-electron chi connectivity index (χ2n) is 3.98. The van der Waals surface area contributed by atoms with Gasteiger partial charge in [0, 0.05) is 0 Å². The van der Waals surface area contributed by atoms with Crippen molar-refractivity contribution in [3.05, 3.63) is 0 Å². The molecule has 0 amide bonds. The third kappa shape index (κ3) is 0.595. The Bertz CT molecular complexity index is 118. The SMILES string of the molecule is CCC(C)C1C2C(C)C12. The molecule has 0 aromatic carbocycles. The highest BCUT2D eigenvalue weighted by atomic mass is 14.8. The highest BCUT2D eigenvalue weighted by molar-refractivity contribution is 5.18. The molecule has 0 spiro atoms. The predicted molar refractivity (Wildman–Crippen MR) is 39.1 cm³/mol. The van der Waals surface area contributed by atoms with Crippen LogP contribution in [0, 0.1) is 29.6 Å². The Labute approximate surface area is 57.6 Å². The molecule has 0 N–H and O–H groups in total. The maximum absolute atomic E-state index is 2.41. The Hall–Kier alpha value is 0. The minimum atomic E-state index is 1.02. The first kappa shape index (κ1) is 5.76. The summed E-state index contributed by atoms with van der Waals surface area (Å²) in [6, 6.07) is 0. The van der Waals surface area contributed by atoms with Crippen molar-refractivity contribution in [3.63, 3.8) is 0 Å². The summed E-state index contributed by atoms with van der Waals surface area (Å²) in [5.41, 5.74) is 0. The molecule has 3 atom stereocenters. The van der Waals surface area contributed by atoms with E-state index in [4.69, 9.17) is 0 Å². The lowest BCUT2D eigenvalue weighted by molar-refractivity contribution is 0.358. The molecule has 0 heterocycles. The summed E-state index contributed by atoms with van der Waals surface area (Å²) in [7, 11) is 0. The van der Waals surface area contributed by atoms with E-state index in [9.17, 15) is 0 Å². The van der Waals surface area contributed by atoms with Gasteiger partial charge < -0.3 is 0 Å². The van der Waals surface area contributed by atoms with Crippen LogP contribution in [0.25, 0.3) is 0 Å². The maximum Gasteiger partial charge on any atom is -0.0318 e. The minimum Gasteiger partial charge on any atom is -0.0651 e. The number of fused-ring (bicyclic) bond motifs is 1. The predicted octanol–water partition coefficient (Wildman–Crippen LogP) is 2.54. The molecule has 2 aliphatic rings. The third-order valence-electron chi connectivity index (χ3n) is 3.57. The van der Waals surface area contributed by atoms with Crippen LogP contribution >= 0.6 is 0 Å². The van der Waals surface area contributed by atoms with Crippen LogP contribution in [-0.4, -0.2) is 0 Å². The van der Waals surface area contributed by atoms with E-state index in [0.29, 0.717) is 0 Å². The van der Waals surface area contributed by atoms with E-state index in [-0.39, 0.29) is 0 Å². The van der Waals surface area contributed by atoms with E-state index in [1.807, 2.05) is 0 Å². The molecule has 52 valence electrons. The quantitative estimate of drug-likeness (QED) is 0.530. The summed E-state index contributed by atoms with van der Waals surface area (Å²) < 4.78 is 0. The highest BCUT2D eigenvalue weighted by Gasteiger charge is 2.71. The van der Waals surface area contributed by atoms with Gasteiger partial charge in [-0.15, -0.1) is 0 Å². The van der Waals surface area contributed by atoms with Gasteiger partial charge in [-0.3, -0.25) is 0 Å². The highest BCUT2D eigenvalue weighted by Crippen LogP contribution is 2.75. The van der Waals surface area contributed by atoms with E-state index in [1.54, 1.807) is 0 Å². The summed E-state index contributed by atoms with van der Waals surface area (Å²) in [5, 5.41) is 0. The van der Waals surface area contributed by atoms with Crippen molar-refractivity contribution in [1.29, 1.82) is 0 Å². The Morgan fingerprint density at radius 1 is 1.33 bits per heavy atom. The zero-order valence-electron chi connectivity index (χ0n) is 6.59. The van der Waals surface area contributed by atoms with Gasteiger partial charge in [0.25, 0.3) is 0 Å². The fraction of sp³-hybridized carbons (Fsp3) is 1.00. The lowest BCUT2D eigenvalue weighted by atomic mass is 9.92. The van der Waals surface area contributed by atoms with Gasteiger partial charge in [-0.1, -0.05) is 27.2 Å². The molecule has 3 unspecified atom stereocenters. The summed E-state index contributed by atoms with van der Waals surface area (Å²) in [5.74, 6) is 5.66. The van der Waals surface area contributed by atoms with Crippen molar-refractivity contribution in [2.45, 2.75) is 27.2 Å². The molecule has 0 nitrogen and oxygen atoms in total. The first-order valence-corrected chi connectivity index (χ1v) is 4.27. The van der Waals surface area contributed by atoms with Crippen LogP contribution in [0.1, 0.15) is 27.2 Å². The van der Waals surface area contributed by atoms with Crippen molar-refractivity contribution in [1.82, 2.24) is 0 Å². The largest absolute Gasteiger partial charge is 0.0651 e. The Morgan fingerprint density at radius 3 is 2.22 bits per heavy atom. The Kier molecular flexibility index (Phi) is 0.980. The minimum absolute atomic E-state index is 1.02. The first-order chi connectivity index (χ1) is 4.27. The standard InChI is InChI=1S/C9H16/c1-4-5(2)7-8-6(3)9(7)8/h5-9H,4H2,1-3H3. The van der Waals surface area contributed by atoms with Crippen LogP contribution in [-0.2, 0) is 0 Å². The van der Waals surface area contributed by atoms with Crippen LogP contribution in [0.3, 0.4) is 0 Å². The monoisotopic (exact) mass is 124 g/mol. The number of hydrogen-bond acceptors (Lipinski definition) is 0. The van der Waals surface area contributed by atoms with Gasteiger partial charge in [0.05, 0.1) is 0 Å².